The van der Waals surface area contributed by atoms with Crippen molar-refractivity contribution in [3.05, 3.63) is 53.6 Å². The average molecular weight is 357 g/mol. The molecular formula is C17H15N3O2S2. The first-order chi connectivity index (χ1) is 11.6. The number of rotatable bonds is 3. The summed E-state index contributed by atoms with van der Waals surface area (Å²) in [6, 6.07) is 13.2. The number of carbonyl (C=O) groups excluding carboxylic acids is 1. The topological polar surface area (TPSA) is 63.2 Å². The number of carbonyl (C=O) groups is 1. The van der Waals surface area contributed by atoms with Crippen molar-refractivity contribution >= 4 is 49.9 Å². The van der Waals surface area contributed by atoms with E-state index in [1.807, 2.05) is 37.3 Å². The van der Waals surface area contributed by atoms with Gasteiger partial charge in [0.25, 0.3) is 5.91 Å². The Kier molecular flexibility index (Phi) is 4.73. The Morgan fingerprint density at radius 3 is 2.75 bits per heavy atom. The molecule has 3 aromatic rings. The highest BCUT2D eigenvalue weighted by molar-refractivity contribution is 7.80. The second-order valence-corrected chi connectivity index (χ2v) is 6.49. The fourth-order valence-electron chi connectivity index (χ4n) is 2.33. The van der Waals surface area contributed by atoms with Crippen molar-refractivity contribution in [3.8, 4) is 5.75 Å². The third-order valence-corrected chi connectivity index (χ3v) is 4.56. The standard InChI is InChI=1S/C17H15N3O2S2/c1-10-6-5-7-11(14(10)22-2)15(21)19-16(23)20-17-18-12-8-3-4-9-13(12)24-17/h3-9H,1-2H3,(H2,18,19,20,21,23). The lowest BCUT2D eigenvalue weighted by atomic mass is 10.1. The molecular weight excluding hydrogens is 342 g/mol. The van der Waals surface area contributed by atoms with E-state index in [2.05, 4.69) is 15.6 Å². The maximum atomic E-state index is 12.4. The highest BCUT2D eigenvalue weighted by atomic mass is 32.1. The van der Waals surface area contributed by atoms with Crippen LogP contribution in [0.4, 0.5) is 5.13 Å². The van der Waals surface area contributed by atoms with Gasteiger partial charge in [-0.25, -0.2) is 4.98 Å². The van der Waals surface area contributed by atoms with E-state index in [-0.39, 0.29) is 11.0 Å². The quantitative estimate of drug-likeness (QED) is 0.699. The fraction of sp³-hybridized carbons (Fsp3) is 0.118. The molecule has 0 spiro atoms. The fourth-order valence-corrected chi connectivity index (χ4v) is 3.45. The van der Waals surface area contributed by atoms with Gasteiger partial charge in [-0.3, -0.25) is 10.1 Å². The molecule has 122 valence electrons. The molecule has 0 saturated carbocycles. The molecule has 5 nitrogen and oxygen atoms in total. The Bertz CT molecular complexity index is 888. The number of amides is 1. The second-order valence-electron chi connectivity index (χ2n) is 5.05. The Labute approximate surface area is 148 Å². The third kappa shape index (κ3) is 3.37. The molecule has 1 amide bonds. The summed E-state index contributed by atoms with van der Waals surface area (Å²) in [5, 5.41) is 6.44. The van der Waals surface area contributed by atoms with Crippen LogP contribution in [0.2, 0.25) is 0 Å². The molecule has 0 saturated heterocycles. The Hall–Kier alpha value is -2.51. The molecule has 0 bridgehead atoms. The molecule has 0 unspecified atom stereocenters. The van der Waals surface area contributed by atoms with E-state index in [0.717, 1.165) is 15.8 Å². The molecule has 2 N–H and O–H groups in total. The van der Waals surface area contributed by atoms with Crippen molar-refractivity contribution < 1.29 is 9.53 Å². The van der Waals surface area contributed by atoms with Crippen molar-refractivity contribution in [1.29, 1.82) is 0 Å². The van der Waals surface area contributed by atoms with Gasteiger partial charge < -0.3 is 10.1 Å². The van der Waals surface area contributed by atoms with E-state index in [1.165, 1.54) is 18.4 Å². The monoisotopic (exact) mass is 357 g/mol. The van der Waals surface area contributed by atoms with Crippen molar-refractivity contribution in [1.82, 2.24) is 10.3 Å². The number of methoxy groups -OCH3 is 1. The molecule has 3 rings (SSSR count). The number of fused-ring (bicyclic) bond motifs is 1. The van der Waals surface area contributed by atoms with Crippen LogP contribution in [0.25, 0.3) is 10.2 Å². The summed E-state index contributed by atoms with van der Waals surface area (Å²) in [5.74, 6) is 0.215. The first-order valence-electron chi connectivity index (χ1n) is 7.20. The van der Waals surface area contributed by atoms with E-state index in [0.29, 0.717) is 16.4 Å². The normalized spacial score (nSPS) is 10.4. The number of hydrogen-bond donors (Lipinski definition) is 2. The number of anilines is 1. The zero-order valence-electron chi connectivity index (χ0n) is 13.1. The number of thiazole rings is 1. The zero-order chi connectivity index (χ0) is 17.1. The third-order valence-electron chi connectivity index (χ3n) is 3.40. The Morgan fingerprint density at radius 2 is 2.00 bits per heavy atom. The summed E-state index contributed by atoms with van der Waals surface area (Å²) >= 11 is 6.68. The lowest BCUT2D eigenvalue weighted by Crippen LogP contribution is -2.34. The minimum absolute atomic E-state index is 0.197. The second kappa shape index (κ2) is 6.94. The lowest BCUT2D eigenvalue weighted by Gasteiger charge is -2.12. The molecule has 0 aliphatic carbocycles. The van der Waals surface area contributed by atoms with Gasteiger partial charge in [-0.15, -0.1) is 0 Å². The van der Waals surface area contributed by atoms with E-state index in [1.54, 1.807) is 12.1 Å². The van der Waals surface area contributed by atoms with Crippen LogP contribution in [0, 0.1) is 6.92 Å². The summed E-state index contributed by atoms with van der Waals surface area (Å²) in [5.41, 5.74) is 2.21. The number of para-hydroxylation sites is 2. The summed E-state index contributed by atoms with van der Waals surface area (Å²) in [4.78, 5) is 16.8. The van der Waals surface area contributed by atoms with Crippen LogP contribution < -0.4 is 15.4 Å². The Morgan fingerprint density at radius 1 is 1.21 bits per heavy atom. The number of ether oxygens (including phenoxy) is 1. The van der Waals surface area contributed by atoms with Gasteiger partial charge in [0, 0.05) is 0 Å². The van der Waals surface area contributed by atoms with Crippen LogP contribution in [-0.2, 0) is 0 Å². The number of benzene rings is 2. The Balaban J connectivity index is 1.72. The maximum absolute atomic E-state index is 12.4. The molecule has 7 heteroatoms. The molecule has 2 aromatic carbocycles. The van der Waals surface area contributed by atoms with Crippen LogP contribution in [0.15, 0.2) is 42.5 Å². The predicted molar refractivity (Wildman–Crippen MR) is 101 cm³/mol. The van der Waals surface area contributed by atoms with Crippen LogP contribution in [0.5, 0.6) is 5.75 Å². The number of aromatic nitrogens is 1. The SMILES string of the molecule is COc1c(C)cccc1C(=O)NC(=S)Nc1nc2ccccc2s1. The number of thiocarbonyl (C=S) groups is 1. The highest BCUT2D eigenvalue weighted by Crippen LogP contribution is 2.25. The van der Waals surface area contributed by atoms with Crippen LogP contribution >= 0.6 is 23.6 Å². The van der Waals surface area contributed by atoms with Crippen LogP contribution in [0.1, 0.15) is 15.9 Å². The minimum atomic E-state index is -0.325. The van der Waals surface area contributed by atoms with Gasteiger partial charge in [0.2, 0.25) is 0 Å². The van der Waals surface area contributed by atoms with Gasteiger partial charge in [-0.05, 0) is 42.9 Å². The molecule has 0 atom stereocenters. The molecule has 24 heavy (non-hydrogen) atoms. The van der Waals surface area contributed by atoms with Crippen molar-refractivity contribution in [3.63, 3.8) is 0 Å². The van der Waals surface area contributed by atoms with E-state index >= 15 is 0 Å². The molecule has 0 fully saturated rings. The lowest BCUT2D eigenvalue weighted by molar-refractivity contribution is 0.0974. The summed E-state index contributed by atoms with van der Waals surface area (Å²) in [7, 11) is 1.54. The van der Waals surface area contributed by atoms with Gasteiger partial charge in [0.05, 0.1) is 22.9 Å². The van der Waals surface area contributed by atoms with E-state index in [4.69, 9.17) is 17.0 Å². The highest BCUT2D eigenvalue weighted by Gasteiger charge is 2.15. The van der Waals surface area contributed by atoms with Crippen molar-refractivity contribution in [2.45, 2.75) is 6.92 Å². The van der Waals surface area contributed by atoms with E-state index < -0.39 is 0 Å². The summed E-state index contributed by atoms with van der Waals surface area (Å²) in [6.07, 6.45) is 0. The molecule has 0 aliphatic heterocycles. The maximum Gasteiger partial charge on any atom is 0.261 e. The van der Waals surface area contributed by atoms with Gasteiger partial charge in [-0.1, -0.05) is 35.6 Å². The van der Waals surface area contributed by atoms with E-state index in [9.17, 15) is 4.79 Å². The van der Waals surface area contributed by atoms with Gasteiger partial charge >= 0.3 is 0 Å². The number of nitrogens with zero attached hydrogens (tertiary/aromatic N) is 1. The number of aryl methyl sites for hydroxylation is 1. The smallest absolute Gasteiger partial charge is 0.261 e. The predicted octanol–water partition coefficient (Wildman–Crippen LogP) is 3.74. The van der Waals surface area contributed by atoms with Gasteiger partial charge in [0.1, 0.15) is 5.75 Å². The molecule has 0 aliphatic rings. The van der Waals surface area contributed by atoms with Crippen LogP contribution in [0.3, 0.4) is 0 Å². The zero-order valence-corrected chi connectivity index (χ0v) is 14.8. The summed E-state index contributed by atoms with van der Waals surface area (Å²) in [6.45, 7) is 1.88. The number of hydrogen-bond acceptors (Lipinski definition) is 5. The minimum Gasteiger partial charge on any atom is -0.496 e. The van der Waals surface area contributed by atoms with Gasteiger partial charge in [-0.2, -0.15) is 0 Å². The average Bonchev–Trinajstić information content (AvgIpc) is 2.96. The van der Waals surface area contributed by atoms with Crippen molar-refractivity contribution in [2.24, 2.45) is 0 Å². The number of nitrogens with one attached hydrogen (secondary N) is 2. The summed E-state index contributed by atoms with van der Waals surface area (Å²) < 4.78 is 6.35. The first-order valence-corrected chi connectivity index (χ1v) is 8.42. The largest absolute Gasteiger partial charge is 0.496 e. The van der Waals surface area contributed by atoms with Crippen LogP contribution in [-0.4, -0.2) is 23.1 Å². The molecule has 1 aromatic heterocycles. The molecule has 0 radical (unpaired) electrons. The molecule has 1 heterocycles. The van der Waals surface area contributed by atoms with Gasteiger partial charge in [0.15, 0.2) is 10.2 Å². The van der Waals surface area contributed by atoms with Crippen molar-refractivity contribution in [2.75, 3.05) is 12.4 Å². The first kappa shape index (κ1) is 16.4.